The Labute approximate surface area is 154 Å². The van der Waals surface area contributed by atoms with E-state index in [1.807, 2.05) is 19.9 Å². The highest BCUT2D eigenvalue weighted by atomic mass is 35.5. The second-order valence-electron chi connectivity index (χ2n) is 5.87. The smallest absolute Gasteiger partial charge is 0.258 e. The monoisotopic (exact) mass is 379 g/mol. The molecule has 2 N–H and O–H groups in total. The van der Waals surface area contributed by atoms with Crippen LogP contribution >= 0.6 is 23.2 Å². The molecule has 0 radical (unpaired) electrons. The van der Waals surface area contributed by atoms with Crippen LogP contribution in [0.3, 0.4) is 0 Å². The number of hydrogen-bond acceptors (Lipinski definition) is 3. The van der Waals surface area contributed by atoms with Gasteiger partial charge in [0.2, 0.25) is 0 Å². The van der Waals surface area contributed by atoms with Crippen molar-refractivity contribution >= 4 is 34.1 Å². The van der Waals surface area contributed by atoms with Crippen molar-refractivity contribution in [3.05, 3.63) is 74.0 Å². The molecular formula is C18H16Cl2FN3O. The largest absolute Gasteiger partial charge is 0.309 e. The van der Waals surface area contributed by atoms with Gasteiger partial charge < -0.3 is 10.3 Å². The summed E-state index contributed by atoms with van der Waals surface area (Å²) >= 11 is 11.9. The van der Waals surface area contributed by atoms with Gasteiger partial charge in [-0.1, -0.05) is 35.3 Å². The molecule has 0 bridgehead atoms. The van der Waals surface area contributed by atoms with Crippen LogP contribution in [0.5, 0.6) is 0 Å². The molecular weight excluding hydrogens is 364 g/mol. The summed E-state index contributed by atoms with van der Waals surface area (Å²) in [5, 5.41) is 4.16. The van der Waals surface area contributed by atoms with Gasteiger partial charge in [0.25, 0.3) is 5.56 Å². The van der Waals surface area contributed by atoms with Crippen LogP contribution in [0.1, 0.15) is 37.3 Å². The molecule has 25 heavy (non-hydrogen) atoms. The molecule has 0 aliphatic rings. The van der Waals surface area contributed by atoms with Gasteiger partial charge in [0.05, 0.1) is 22.0 Å². The molecule has 0 amide bonds. The predicted octanol–water partition coefficient (Wildman–Crippen LogP) is 4.78. The van der Waals surface area contributed by atoms with Gasteiger partial charge in [0.15, 0.2) is 0 Å². The number of halogens is 3. The quantitative estimate of drug-likeness (QED) is 0.641. The summed E-state index contributed by atoms with van der Waals surface area (Å²) in [6, 6.07) is 9.28. The van der Waals surface area contributed by atoms with E-state index in [1.165, 1.54) is 12.1 Å². The Morgan fingerprint density at radius 3 is 2.60 bits per heavy atom. The molecule has 0 aliphatic heterocycles. The van der Waals surface area contributed by atoms with Gasteiger partial charge in [-0.3, -0.25) is 4.79 Å². The molecule has 3 aromatic rings. The lowest BCUT2D eigenvalue weighted by Gasteiger charge is -2.21. The SMILES string of the molecule is C[C@H](N[C@H](C)c1cc(F)c(Cl)cc1Cl)c1nc2ccccc2c(=O)[nH]1. The highest BCUT2D eigenvalue weighted by molar-refractivity contribution is 6.35. The lowest BCUT2D eigenvalue weighted by atomic mass is 10.1. The zero-order chi connectivity index (χ0) is 18.1. The molecule has 7 heteroatoms. The number of aromatic nitrogens is 2. The molecule has 0 unspecified atom stereocenters. The Bertz CT molecular complexity index is 990. The number of fused-ring (bicyclic) bond motifs is 1. The summed E-state index contributed by atoms with van der Waals surface area (Å²) in [5.74, 6) is -0.0271. The molecule has 3 rings (SSSR count). The lowest BCUT2D eigenvalue weighted by molar-refractivity contribution is 0.475. The minimum Gasteiger partial charge on any atom is -0.309 e. The van der Waals surface area contributed by atoms with Crippen LogP contribution in [0.2, 0.25) is 10.0 Å². The third-order valence-electron chi connectivity index (χ3n) is 4.05. The standard InChI is InChI=1S/C18H16Cl2FN3O/c1-9(12-7-15(21)14(20)8-13(12)19)22-10(2)17-23-16-6-4-3-5-11(16)18(25)24-17/h3-10,22H,1-2H3,(H,23,24,25)/t9-,10+/m1/s1. The second-order valence-corrected chi connectivity index (χ2v) is 6.68. The molecule has 2 atom stereocenters. The van der Waals surface area contributed by atoms with E-state index in [1.54, 1.807) is 18.2 Å². The van der Waals surface area contributed by atoms with Crippen LogP contribution in [0.25, 0.3) is 10.9 Å². The van der Waals surface area contributed by atoms with Crippen LogP contribution in [0.4, 0.5) is 4.39 Å². The van der Waals surface area contributed by atoms with E-state index in [0.29, 0.717) is 27.3 Å². The van der Waals surface area contributed by atoms with Crippen molar-refractivity contribution in [1.82, 2.24) is 15.3 Å². The molecule has 4 nitrogen and oxygen atoms in total. The van der Waals surface area contributed by atoms with Crippen molar-refractivity contribution in [3.63, 3.8) is 0 Å². The maximum Gasteiger partial charge on any atom is 0.258 e. The third kappa shape index (κ3) is 3.68. The average Bonchev–Trinajstić information content (AvgIpc) is 2.58. The maximum absolute atomic E-state index is 13.7. The number of rotatable bonds is 4. The van der Waals surface area contributed by atoms with Gasteiger partial charge in [0.1, 0.15) is 11.6 Å². The Balaban J connectivity index is 1.88. The summed E-state index contributed by atoms with van der Waals surface area (Å²) in [5.41, 5.74) is 1.01. The molecule has 0 aliphatic carbocycles. The molecule has 1 aromatic heterocycles. The van der Waals surface area contributed by atoms with Crippen molar-refractivity contribution in [2.24, 2.45) is 0 Å². The van der Waals surface area contributed by atoms with Crippen LogP contribution in [-0.2, 0) is 0 Å². The van der Waals surface area contributed by atoms with Gasteiger partial charge in [-0.25, -0.2) is 9.37 Å². The summed E-state index contributed by atoms with van der Waals surface area (Å²) in [6.07, 6.45) is 0. The van der Waals surface area contributed by atoms with Gasteiger partial charge >= 0.3 is 0 Å². The van der Waals surface area contributed by atoms with Crippen molar-refractivity contribution in [3.8, 4) is 0 Å². The van der Waals surface area contributed by atoms with Crippen molar-refractivity contribution in [2.75, 3.05) is 0 Å². The normalized spacial score (nSPS) is 13.8. The van der Waals surface area contributed by atoms with Gasteiger partial charge in [0, 0.05) is 11.1 Å². The topological polar surface area (TPSA) is 57.8 Å². The first-order valence-corrected chi connectivity index (χ1v) is 8.52. The van der Waals surface area contributed by atoms with Crippen molar-refractivity contribution in [1.29, 1.82) is 0 Å². The van der Waals surface area contributed by atoms with Gasteiger partial charge in [-0.2, -0.15) is 0 Å². The fourth-order valence-electron chi connectivity index (χ4n) is 2.72. The van der Waals surface area contributed by atoms with E-state index in [4.69, 9.17) is 23.2 Å². The van der Waals surface area contributed by atoms with E-state index < -0.39 is 5.82 Å². The van der Waals surface area contributed by atoms with Crippen LogP contribution < -0.4 is 10.9 Å². The van der Waals surface area contributed by atoms with E-state index in [0.717, 1.165) is 0 Å². The van der Waals surface area contributed by atoms with Crippen molar-refractivity contribution in [2.45, 2.75) is 25.9 Å². The summed E-state index contributed by atoms with van der Waals surface area (Å²) < 4.78 is 13.7. The first-order chi connectivity index (χ1) is 11.9. The Kier molecular flexibility index (Phi) is 5.08. The van der Waals surface area contributed by atoms with Gasteiger partial charge in [-0.05, 0) is 43.7 Å². The highest BCUT2D eigenvalue weighted by Gasteiger charge is 2.18. The minimum absolute atomic E-state index is 0.0190. The van der Waals surface area contributed by atoms with Crippen LogP contribution in [0, 0.1) is 5.82 Å². The van der Waals surface area contributed by atoms with Crippen LogP contribution in [0.15, 0.2) is 41.2 Å². The zero-order valence-corrected chi connectivity index (χ0v) is 15.1. The van der Waals surface area contributed by atoms with E-state index >= 15 is 0 Å². The van der Waals surface area contributed by atoms with Gasteiger partial charge in [-0.15, -0.1) is 0 Å². The minimum atomic E-state index is -0.528. The number of aromatic amines is 1. The third-order valence-corrected chi connectivity index (χ3v) is 4.66. The molecule has 1 heterocycles. The van der Waals surface area contributed by atoms with E-state index in [9.17, 15) is 9.18 Å². The maximum atomic E-state index is 13.7. The first-order valence-electron chi connectivity index (χ1n) is 7.76. The Morgan fingerprint density at radius 2 is 1.84 bits per heavy atom. The molecule has 2 aromatic carbocycles. The number of hydrogen-bond donors (Lipinski definition) is 2. The number of nitrogens with one attached hydrogen (secondary N) is 2. The lowest BCUT2D eigenvalue weighted by Crippen LogP contribution is -2.26. The molecule has 130 valence electrons. The summed E-state index contributed by atoms with van der Waals surface area (Å²) in [7, 11) is 0. The van der Waals surface area contributed by atoms with Crippen molar-refractivity contribution < 1.29 is 4.39 Å². The predicted molar refractivity (Wildman–Crippen MR) is 98.7 cm³/mol. The Hall–Kier alpha value is -1.95. The summed E-state index contributed by atoms with van der Waals surface area (Å²) in [4.78, 5) is 19.5. The van der Waals surface area contributed by atoms with E-state index in [-0.39, 0.29) is 22.7 Å². The molecule has 0 spiro atoms. The summed E-state index contributed by atoms with van der Waals surface area (Å²) in [6.45, 7) is 3.72. The molecule has 0 fully saturated rings. The first kappa shape index (κ1) is 17.9. The number of para-hydroxylation sites is 1. The van der Waals surface area contributed by atoms with Crippen LogP contribution in [-0.4, -0.2) is 9.97 Å². The van der Waals surface area contributed by atoms with E-state index in [2.05, 4.69) is 15.3 Å². The zero-order valence-electron chi connectivity index (χ0n) is 13.6. The number of H-pyrrole nitrogens is 1. The Morgan fingerprint density at radius 1 is 1.12 bits per heavy atom. The molecule has 0 saturated carbocycles. The number of benzene rings is 2. The fourth-order valence-corrected chi connectivity index (χ4v) is 3.27. The average molecular weight is 380 g/mol. The second kappa shape index (κ2) is 7.12. The highest BCUT2D eigenvalue weighted by Crippen LogP contribution is 2.29. The molecule has 0 saturated heterocycles. The fraction of sp³-hybridized carbons (Fsp3) is 0.222. The number of nitrogens with zero attached hydrogens (tertiary/aromatic N) is 1.